The highest BCUT2D eigenvalue weighted by Crippen LogP contribution is 2.33. The molecule has 1 aromatic carbocycles. The van der Waals surface area contributed by atoms with Crippen LogP contribution in [0.15, 0.2) is 30.3 Å². The first-order chi connectivity index (χ1) is 12.1. The van der Waals surface area contributed by atoms with E-state index in [0.29, 0.717) is 19.5 Å². The van der Waals surface area contributed by atoms with E-state index in [2.05, 4.69) is 5.32 Å². The van der Waals surface area contributed by atoms with Crippen LogP contribution in [0.4, 0.5) is 4.79 Å². The molecule has 0 radical (unpaired) electrons. The van der Waals surface area contributed by atoms with E-state index in [0.717, 1.165) is 36.1 Å². The molecular formula is C19H25N3O3. The number of carbonyl (C=O) groups excluding carboxylic acids is 3. The molecule has 0 bridgehead atoms. The van der Waals surface area contributed by atoms with Gasteiger partial charge < -0.3 is 10.2 Å². The summed E-state index contributed by atoms with van der Waals surface area (Å²) in [6.07, 6.45) is 4.34. The maximum absolute atomic E-state index is 13.1. The molecule has 2 saturated heterocycles. The van der Waals surface area contributed by atoms with Crippen LogP contribution >= 0.6 is 0 Å². The molecule has 2 aliphatic rings. The Labute approximate surface area is 148 Å². The van der Waals surface area contributed by atoms with E-state index in [4.69, 9.17) is 0 Å². The van der Waals surface area contributed by atoms with Crippen molar-refractivity contribution in [3.8, 4) is 0 Å². The Kier molecular flexibility index (Phi) is 5.06. The van der Waals surface area contributed by atoms with Crippen LogP contribution in [0.5, 0.6) is 0 Å². The molecule has 0 aliphatic carbocycles. The standard InChI is InChI=1S/C19H25N3O3/c1-2-11-19(15-9-5-3-6-10-15)17(24)22(18(25)20-19)14-16(23)21-12-7-4-8-13-21/h3,5-6,9-10H,2,4,7-8,11-14H2,1H3,(H,20,25). The second kappa shape index (κ2) is 7.25. The van der Waals surface area contributed by atoms with E-state index in [9.17, 15) is 14.4 Å². The molecule has 0 spiro atoms. The van der Waals surface area contributed by atoms with Crippen LogP contribution in [0.2, 0.25) is 0 Å². The Morgan fingerprint density at radius 3 is 2.44 bits per heavy atom. The number of urea groups is 1. The zero-order valence-electron chi connectivity index (χ0n) is 14.7. The average Bonchev–Trinajstić information content (AvgIpc) is 2.88. The van der Waals surface area contributed by atoms with Gasteiger partial charge in [0.05, 0.1) is 0 Å². The number of carbonyl (C=O) groups is 3. The van der Waals surface area contributed by atoms with Gasteiger partial charge in [-0.1, -0.05) is 43.7 Å². The molecule has 2 fully saturated rings. The predicted molar refractivity (Wildman–Crippen MR) is 93.7 cm³/mol. The average molecular weight is 343 g/mol. The molecule has 2 heterocycles. The number of nitrogens with one attached hydrogen (secondary N) is 1. The third-order valence-electron chi connectivity index (χ3n) is 5.07. The lowest BCUT2D eigenvalue weighted by Gasteiger charge is -2.29. The van der Waals surface area contributed by atoms with Gasteiger partial charge in [0.25, 0.3) is 5.91 Å². The van der Waals surface area contributed by atoms with Crippen LogP contribution in [0, 0.1) is 0 Å². The highest BCUT2D eigenvalue weighted by molar-refractivity contribution is 6.09. The van der Waals surface area contributed by atoms with Crippen molar-refractivity contribution < 1.29 is 14.4 Å². The molecule has 4 amide bonds. The van der Waals surface area contributed by atoms with Gasteiger partial charge in [0.2, 0.25) is 5.91 Å². The molecule has 1 N–H and O–H groups in total. The van der Waals surface area contributed by atoms with Crippen molar-refractivity contribution in [2.75, 3.05) is 19.6 Å². The van der Waals surface area contributed by atoms with Crippen LogP contribution in [0.1, 0.15) is 44.6 Å². The monoisotopic (exact) mass is 343 g/mol. The summed E-state index contributed by atoms with van der Waals surface area (Å²) in [6.45, 7) is 3.22. The quantitative estimate of drug-likeness (QED) is 0.834. The molecule has 1 atom stereocenters. The Morgan fingerprint density at radius 2 is 1.80 bits per heavy atom. The minimum atomic E-state index is -1.06. The first-order valence-corrected chi connectivity index (χ1v) is 9.06. The van der Waals surface area contributed by atoms with Crippen LogP contribution in [-0.2, 0) is 15.1 Å². The molecule has 6 nitrogen and oxygen atoms in total. The van der Waals surface area contributed by atoms with E-state index < -0.39 is 11.6 Å². The van der Waals surface area contributed by atoms with Crippen LogP contribution in [0.25, 0.3) is 0 Å². The molecule has 0 aromatic heterocycles. The number of likely N-dealkylation sites (tertiary alicyclic amines) is 1. The summed E-state index contributed by atoms with van der Waals surface area (Å²) in [5, 5.41) is 2.86. The lowest BCUT2D eigenvalue weighted by atomic mass is 9.85. The number of rotatable bonds is 5. The van der Waals surface area contributed by atoms with Crippen molar-refractivity contribution in [1.82, 2.24) is 15.1 Å². The number of nitrogens with zero attached hydrogens (tertiary/aromatic N) is 2. The topological polar surface area (TPSA) is 69.7 Å². The lowest BCUT2D eigenvalue weighted by molar-refractivity contribution is -0.139. The van der Waals surface area contributed by atoms with Crippen molar-refractivity contribution in [3.63, 3.8) is 0 Å². The second-order valence-electron chi connectivity index (χ2n) is 6.78. The zero-order valence-corrected chi connectivity index (χ0v) is 14.7. The fourth-order valence-corrected chi connectivity index (χ4v) is 3.76. The maximum atomic E-state index is 13.1. The molecule has 3 rings (SSSR count). The van der Waals surface area contributed by atoms with Crippen molar-refractivity contribution >= 4 is 17.8 Å². The van der Waals surface area contributed by atoms with Crippen LogP contribution in [0.3, 0.4) is 0 Å². The summed E-state index contributed by atoms with van der Waals surface area (Å²) in [5.41, 5.74) is -0.293. The number of benzene rings is 1. The molecule has 1 aromatic rings. The Balaban J connectivity index is 1.81. The highest BCUT2D eigenvalue weighted by Gasteiger charge is 2.52. The second-order valence-corrected chi connectivity index (χ2v) is 6.78. The van der Waals surface area contributed by atoms with E-state index in [1.54, 1.807) is 4.90 Å². The van der Waals surface area contributed by atoms with Crippen molar-refractivity contribution in [2.24, 2.45) is 0 Å². The van der Waals surface area contributed by atoms with Gasteiger partial charge in [-0.3, -0.25) is 14.5 Å². The number of imide groups is 1. The summed E-state index contributed by atoms with van der Waals surface area (Å²) in [5.74, 6) is -0.473. The number of hydrogen-bond donors (Lipinski definition) is 1. The van der Waals surface area contributed by atoms with Crippen molar-refractivity contribution in [2.45, 2.75) is 44.6 Å². The van der Waals surface area contributed by atoms with Crippen LogP contribution in [-0.4, -0.2) is 47.3 Å². The fourth-order valence-electron chi connectivity index (χ4n) is 3.76. The molecule has 2 aliphatic heterocycles. The smallest absolute Gasteiger partial charge is 0.325 e. The van der Waals surface area contributed by atoms with Gasteiger partial charge in [-0.2, -0.15) is 0 Å². The number of piperidine rings is 1. The largest absolute Gasteiger partial charge is 0.341 e. The Bertz CT molecular complexity index is 655. The molecule has 134 valence electrons. The Hall–Kier alpha value is -2.37. The summed E-state index contributed by atoms with van der Waals surface area (Å²) < 4.78 is 0. The van der Waals surface area contributed by atoms with Crippen molar-refractivity contribution in [1.29, 1.82) is 0 Å². The number of amides is 4. The lowest BCUT2D eigenvalue weighted by Crippen LogP contribution is -2.46. The summed E-state index contributed by atoms with van der Waals surface area (Å²) in [6, 6.07) is 8.81. The molecular weight excluding hydrogens is 318 g/mol. The van der Waals surface area contributed by atoms with E-state index in [1.165, 1.54) is 0 Å². The third kappa shape index (κ3) is 3.25. The minimum absolute atomic E-state index is 0.149. The highest BCUT2D eigenvalue weighted by atomic mass is 16.2. The zero-order chi connectivity index (χ0) is 17.9. The molecule has 1 unspecified atom stereocenters. The van der Waals surface area contributed by atoms with Gasteiger partial charge in [0.15, 0.2) is 0 Å². The third-order valence-corrected chi connectivity index (χ3v) is 5.07. The van der Waals surface area contributed by atoms with Gasteiger partial charge in [-0.05, 0) is 31.2 Å². The van der Waals surface area contributed by atoms with Crippen molar-refractivity contribution in [3.05, 3.63) is 35.9 Å². The van der Waals surface area contributed by atoms with E-state index >= 15 is 0 Å². The molecule has 6 heteroatoms. The van der Waals surface area contributed by atoms with E-state index in [-0.39, 0.29) is 18.4 Å². The minimum Gasteiger partial charge on any atom is -0.341 e. The predicted octanol–water partition coefficient (Wildman–Crippen LogP) is 2.25. The fraction of sp³-hybridized carbons (Fsp3) is 0.526. The van der Waals surface area contributed by atoms with Gasteiger partial charge >= 0.3 is 6.03 Å². The SMILES string of the molecule is CCCC1(c2ccccc2)NC(=O)N(CC(=O)N2CCCCC2)C1=O. The maximum Gasteiger partial charge on any atom is 0.325 e. The van der Waals surface area contributed by atoms with Gasteiger partial charge in [0, 0.05) is 13.1 Å². The first kappa shape index (κ1) is 17.5. The van der Waals surface area contributed by atoms with Crippen LogP contribution < -0.4 is 5.32 Å². The summed E-state index contributed by atoms with van der Waals surface area (Å²) in [7, 11) is 0. The summed E-state index contributed by atoms with van der Waals surface area (Å²) >= 11 is 0. The van der Waals surface area contributed by atoms with Gasteiger partial charge in [-0.15, -0.1) is 0 Å². The van der Waals surface area contributed by atoms with Gasteiger partial charge in [-0.25, -0.2) is 4.79 Å². The van der Waals surface area contributed by atoms with E-state index in [1.807, 2.05) is 37.3 Å². The molecule has 25 heavy (non-hydrogen) atoms. The number of hydrogen-bond acceptors (Lipinski definition) is 3. The van der Waals surface area contributed by atoms with Gasteiger partial charge in [0.1, 0.15) is 12.1 Å². The normalized spacial score (nSPS) is 23.7. The summed E-state index contributed by atoms with van der Waals surface area (Å²) in [4.78, 5) is 41.0. The Morgan fingerprint density at radius 1 is 1.12 bits per heavy atom. The first-order valence-electron chi connectivity index (χ1n) is 9.06. The molecule has 0 saturated carbocycles.